The number of rotatable bonds is 5. The second kappa shape index (κ2) is 8.55. The van der Waals surface area contributed by atoms with Gasteiger partial charge >= 0.3 is 12.7 Å². The molecule has 0 aliphatic carbocycles. The number of nitriles is 1. The molecule has 0 bridgehead atoms. The van der Waals surface area contributed by atoms with Gasteiger partial charge in [-0.1, -0.05) is 24.3 Å². The molecule has 0 saturated heterocycles. The van der Waals surface area contributed by atoms with E-state index in [1.54, 1.807) is 0 Å². The number of ether oxygens (including phenoxy) is 2. The van der Waals surface area contributed by atoms with Crippen molar-refractivity contribution in [2.24, 2.45) is 0 Å². The average Bonchev–Trinajstić information content (AvgIpc) is 2.67. The van der Waals surface area contributed by atoms with E-state index in [-0.39, 0.29) is 6.42 Å². The van der Waals surface area contributed by atoms with Crippen LogP contribution in [0.2, 0.25) is 0 Å². The summed E-state index contributed by atoms with van der Waals surface area (Å²) in [5.74, 6) is -0.801. The number of alkyl halides is 6. The van der Waals surface area contributed by atoms with Gasteiger partial charge in [0.1, 0.15) is 11.5 Å². The first-order valence-electron chi connectivity index (χ1n) is 8.62. The third-order valence-electron chi connectivity index (χ3n) is 4.11. The molecule has 160 valence electrons. The SMILES string of the molecule is N#CCc1c(-c2ccc(OC(F)(F)F)cc2)cncc1-c1ccc(OC(F)(F)F)cc1. The van der Waals surface area contributed by atoms with Crippen LogP contribution < -0.4 is 9.47 Å². The van der Waals surface area contributed by atoms with Crippen molar-refractivity contribution in [2.75, 3.05) is 0 Å². The fraction of sp³-hybridized carbons (Fsp3) is 0.143. The quantitative estimate of drug-likeness (QED) is 0.440. The van der Waals surface area contributed by atoms with Gasteiger partial charge in [0.05, 0.1) is 12.5 Å². The van der Waals surface area contributed by atoms with E-state index in [1.807, 2.05) is 6.07 Å². The first-order chi connectivity index (χ1) is 14.6. The molecule has 10 heteroatoms. The number of halogens is 6. The Bertz CT molecular complexity index is 1010. The molecule has 0 amide bonds. The predicted octanol–water partition coefficient (Wildman–Crippen LogP) is 6.28. The van der Waals surface area contributed by atoms with Crippen LogP contribution in [0, 0.1) is 11.3 Å². The van der Waals surface area contributed by atoms with Gasteiger partial charge in [0.15, 0.2) is 0 Å². The number of aromatic nitrogens is 1. The molecular formula is C21H12F6N2O2. The number of hydrogen-bond acceptors (Lipinski definition) is 4. The highest BCUT2D eigenvalue weighted by Crippen LogP contribution is 2.34. The fourth-order valence-electron chi connectivity index (χ4n) is 2.93. The van der Waals surface area contributed by atoms with E-state index < -0.39 is 24.2 Å². The molecule has 0 spiro atoms. The van der Waals surface area contributed by atoms with Crippen molar-refractivity contribution in [2.45, 2.75) is 19.1 Å². The number of nitrogens with zero attached hydrogens (tertiary/aromatic N) is 2. The van der Waals surface area contributed by atoms with Crippen molar-refractivity contribution in [1.82, 2.24) is 4.98 Å². The Kier molecular flexibility index (Phi) is 6.06. The van der Waals surface area contributed by atoms with E-state index in [0.29, 0.717) is 27.8 Å². The number of benzene rings is 2. The van der Waals surface area contributed by atoms with Gasteiger partial charge in [-0.05, 0) is 41.0 Å². The van der Waals surface area contributed by atoms with E-state index in [2.05, 4.69) is 14.5 Å². The minimum Gasteiger partial charge on any atom is -0.406 e. The second-order valence-corrected chi connectivity index (χ2v) is 6.19. The Balaban J connectivity index is 1.97. The highest BCUT2D eigenvalue weighted by Gasteiger charge is 2.31. The van der Waals surface area contributed by atoms with Crippen molar-refractivity contribution in [3.8, 4) is 39.8 Å². The predicted molar refractivity (Wildman–Crippen MR) is 97.8 cm³/mol. The molecule has 1 heterocycles. The summed E-state index contributed by atoms with van der Waals surface area (Å²) < 4.78 is 81.8. The van der Waals surface area contributed by atoms with Gasteiger partial charge in [-0.25, -0.2) is 0 Å². The third kappa shape index (κ3) is 5.88. The number of hydrogen-bond donors (Lipinski definition) is 0. The molecule has 1 aromatic heterocycles. The average molecular weight is 438 g/mol. The van der Waals surface area contributed by atoms with Gasteiger partial charge < -0.3 is 9.47 Å². The Morgan fingerprint density at radius 1 is 0.710 bits per heavy atom. The fourth-order valence-corrected chi connectivity index (χ4v) is 2.93. The molecule has 2 aromatic carbocycles. The second-order valence-electron chi connectivity index (χ2n) is 6.19. The summed E-state index contributed by atoms with van der Waals surface area (Å²) in [6.07, 6.45) is -6.80. The lowest BCUT2D eigenvalue weighted by Gasteiger charge is -2.14. The summed E-state index contributed by atoms with van der Waals surface area (Å²) >= 11 is 0. The van der Waals surface area contributed by atoms with Gasteiger partial charge in [-0.3, -0.25) is 4.98 Å². The topological polar surface area (TPSA) is 55.1 Å². The molecule has 0 atom stereocenters. The molecular weight excluding hydrogens is 426 g/mol. The van der Waals surface area contributed by atoms with E-state index >= 15 is 0 Å². The Morgan fingerprint density at radius 3 is 1.42 bits per heavy atom. The lowest BCUT2D eigenvalue weighted by atomic mass is 9.92. The largest absolute Gasteiger partial charge is 0.573 e. The molecule has 0 aliphatic heterocycles. The first kappa shape index (κ1) is 22.0. The maximum absolute atomic E-state index is 12.3. The van der Waals surface area contributed by atoms with Crippen LogP contribution in [0.5, 0.6) is 11.5 Å². The van der Waals surface area contributed by atoms with E-state index in [9.17, 15) is 31.6 Å². The smallest absolute Gasteiger partial charge is 0.406 e. The summed E-state index contributed by atoms with van der Waals surface area (Å²) in [6.45, 7) is 0. The first-order valence-corrected chi connectivity index (χ1v) is 8.62. The molecule has 0 radical (unpaired) electrons. The summed E-state index contributed by atoms with van der Waals surface area (Å²) in [4.78, 5) is 4.11. The normalized spacial score (nSPS) is 11.6. The molecule has 31 heavy (non-hydrogen) atoms. The minimum atomic E-state index is -4.82. The van der Waals surface area contributed by atoms with Crippen molar-refractivity contribution in [3.63, 3.8) is 0 Å². The highest BCUT2D eigenvalue weighted by molar-refractivity contribution is 5.78. The molecule has 4 nitrogen and oxygen atoms in total. The van der Waals surface area contributed by atoms with E-state index in [4.69, 9.17) is 0 Å². The zero-order chi connectivity index (χ0) is 22.6. The molecule has 3 rings (SSSR count). The summed E-state index contributed by atoms with van der Waals surface area (Å²) in [5.41, 5.74) is 2.49. The molecule has 0 aliphatic rings. The summed E-state index contributed by atoms with van der Waals surface area (Å²) in [7, 11) is 0. The van der Waals surface area contributed by atoms with Gasteiger partial charge in [0.25, 0.3) is 0 Å². The zero-order valence-corrected chi connectivity index (χ0v) is 15.5. The van der Waals surface area contributed by atoms with Crippen LogP contribution in [-0.4, -0.2) is 17.7 Å². The lowest BCUT2D eigenvalue weighted by molar-refractivity contribution is -0.275. The highest BCUT2D eigenvalue weighted by atomic mass is 19.4. The summed E-state index contributed by atoms with van der Waals surface area (Å²) in [5, 5.41) is 9.25. The van der Waals surface area contributed by atoms with Gasteiger partial charge in [-0.2, -0.15) is 5.26 Å². The van der Waals surface area contributed by atoms with Crippen LogP contribution in [0.15, 0.2) is 60.9 Å². The summed E-state index contributed by atoms with van der Waals surface area (Å²) in [6, 6.07) is 12.1. The van der Waals surface area contributed by atoms with Gasteiger partial charge in [0.2, 0.25) is 0 Å². The molecule has 0 saturated carbocycles. The van der Waals surface area contributed by atoms with Crippen LogP contribution >= 0.6 is 0 Å². The van der Waals surface area contributed by atoms with Gasteiger partial charge in [-0.15, -0.1) is 26.3 Å². The van der Waals surface area contributed by atoms with Gasteiger partial charge in [0, 0.05) is 23.5 Å². The standard InChI is InChI=1S/C21H12F6N2O2/c22-20(23,24)30-15-5-1-13(2-6-15)18-11-29-12-19(17(18)9-10-28)14-3-7-16(8-4-14)31-21(25,26)27/h1-8,11-12H,9H2. The van der Waals surface area contributed by atoms with Crippen LogP contribution in [0.4, 0.5) is 26.3 Å². The van der Waals surface area contributed by atoms with E-state index in [0.717, 1.165) is 24.3 Å². The van der Waals surface area contributed by atoms with Crippen LogP contribution in [0.25, 0.3) is 22.3 Å². The van der Waals surface area contributed by atoms with E-state index in [1.165, 1.54) is 36.7 Å². The number of pyridine rings is 1. The maximum Gasteiger partial charge on any atom is 0.573 e. The van der Waals surface area contributed by atoms with Crippen molar-refractivity contribution >= 4 is 0 Å². The molecule has 0 unspecified atom stereocenters. The van der Waals surface area contributed by atoms with Crippen molar-refractivity contribution in [1.29, 1.82) is 5.26 Å². The Morgan fingerprint density at radius 2 is 1.10 bits per heavy atom. The van der Waals surface area contributed by atoms with Crippen molar-refractivity contribution < 1.29 is 35.8 Å². The molecule has 0 fully saturated rings. The maximum atomic E-state index is 12.3. The third-order valence-corrected chi connectivity index (χ3v) is 4.11. The lowest BCUT2D eigenvalue weighted by Crippen LogP contribution is -2.16. The van der Waals surface area contributed by atoms with Crippen LogP contribution in [0.1, 0.15) is 5.56 Å². The Labute approximate surface area is 172 Å². The van der Waals surface area contributed by atoms with Crippen molar-refractivity contribution in [3.05, 3.63) is 66.5 Å². The molecule has 0 N–H and O–H groups in total. The van der Waals surface area contributed by atoms with Crippen LogP contribution in [0.3, 0.4) is 0 Å². The zero-order valence-electron chi connectivity index (χ0n) is 15.5. The Hall–Kier alpha value is -3.74. The monoisotopic (exact) mass is 438 g/mol. The minimum absolute atomic E-state index is 0.0607. The molecule has 3 aromatic rings. The van der Waals surface area contributed by atoms with Crippen LogP contribution in [-0.2, 0) is 6.42 Å².